The molecular formula is C24H20N6O. The van der Waals surface area contributed by atoms with Gasteiger partial charge in [-0.2, -0.15) is 4.98 Å². The van der Waals surface area contributed by atoms with Crippen molar-refractivity contribution in [3.05, 3.63) is 84.4 Å². The number of rotatable bonds is 5. The van der Waals surface area contributed by atoms with Gasteiger partial charge in [-0.25, -0.2) is 4.98 Å². The molecule has 5 rings (SSSR count). The topological polar surface area (TPSA) is 117 Å². The molecule has 5 aromatic rings. The van der Waals surface area contributed by atoms with Crippen LogP contribution in [0.2, 0.25) is 0 Å². The van der Waals surface area contributed by atoms with E-state index < -0.39 is 0 Å². The summed E-state index contributed by atoms with van der Waals surface area (Å²) in [5.41, 5.74) is 17.8. The second kappa shape index (κ2) is 8.06. The molecule has 0 bridgehead atoms. The number of nitrogens with zero attached hydrogens (tertiary/aromatic N) is 4. The van der Waals surface area contributed by atoms with Gasteiger partial charge in [0.25, 0.3) is 0 Å². The minimum Gasteiger partial charge on any atom is -0.338 e. The standard InChI is InChI=1S/C24H20N6O/c25-13-15-6-8-17(9-7-15)22-18(16-4-2-1-3-5-16)12-19-20(28-22)10-11-27-23(19)24-29-21(14-26)31-30-24/h1-12H,13-14,25-26H2. The number of hydrogen-bond donors (Lipinski definition) is 2. The Morgan fingerprint density at radius 2 is 1.58 bits per heavy atom. The average molecular weight is 408 g/mol. The van der Waals surface area contributed by atoms with E-state index in [9.17, 15) is 0 Å². The molecule has 4 N–H and O–H groups in total. The number of fused-ring (bicyclic) bond motifs is 1. The van der Waals surface area contributed by atoms with Gasteiger partial charge >= 0.3 is 0 Å². The first-order valence-electron chi connectivity index (χ1n) is 9.94. The minimum absolute atomic E-state index is 0.175. The third-order valence-corrected chi connectivity index (χ3v) is 5.15. The van der Waals surface area contributed by atoms with E-state index in [4.69, 9.17) is 21.0 Å². The van der Waals surface area contributed by atoms with E-state index in [1.54, 1.807) is 6.20 Å². The van der Waals surface area contributed by atoms with Crippen LogP contribution >= 0.6 is 0 Å². The first-order valence-corrected chi connectivity index (χ1v) is 9.94. The molecule has 0 saturated heterocycles. The number of hydrogen-bond acceptors (Lipinski definition) is 7. The fraction of sp³-hybridized carbons (Fsp3) is 0.0833. The molecule has 0 fully saturated rings. The third-order valence-electron chi connectivity index (χ3n) is 5.15. The Labute approximate surface area is 178 Å². The Balaban J connectivity index is 1.76. The summed E-state index contributed by atoms with van der Waals surface area (Å²) in [5.74, 6) is 0.758. The summed E-state index contributed by atoms with van der Waals surface area (Å²) in [6.07, 6.45) is 1.70. The Morgan fingerprint density at radius 1 is 0.774 bits per heavy atom. The summed E-state index contributed by atoms with van der Waals surface area (Å²) >= 11 is 0. The zero-order valence-corrected chi connectivity index (χ0v) is 16.7. The Kier molecular flexibility index (Phi) is 4.95. The molecule has 2 aromatic carbocycles. The molecule has 0 spiro atoms. The fourth-order valence-electron chi connectivity index (χ4n) is 3.56. The zero-order chi connectivity index (χ0) is 21.2. The summed E-state index contributed by atoms with van der Waals surface area (Å²) in [7, 11) is 0. The van der Waals surface area contributed by atoms with Gasteiger partial charge in [0, 0.05) is 29.3 Å². The lowest BCUT2D eigenvalue weighted by Crippen LogP contribution is -1.98. The minimum atomic E-state index is 0.175. The molecule has 0 aliphatic heterocycles. The van der Waals surface area contributed by atoms with Crippen LogP contribution in [0.5, 0.6) is 0 Å². The second-order valence-electron chi connectivity index (χ2n) is 7.09. The molecule has 0 amide bonds. The van der Waals surface area contributed by atoms with Crippen LogP contribution in [0.25, 0.3) is 44.8 Å². The van der Waals surface area contributed by atoms with Crippen molar-refractivity contribution >= 4 is 10.9 Å². The van der Waals surface area contributed by atoms with Crippen LogP contribution in [0.1, 0.15) is 11.5 Å². The van der Waals surface area contributed by atoms with Crippen LogP contribution in [0, 0.1) is 0 Å². The maximum Gasteiger partial charge on any atom is 0.240 e. The largest absolute Gasteiger partial charge is 0.338 e. The van der Waals surface area contributed by atoms with Gasteiger partial charge in [-0.1, -0.05) is 59.8 Å². The molecule has 0 saturated carbocycles. The summed E-state index contributed by atoms with van der Waals surface area (Å²) < 4.78 is 5.19. The van der Waals surface area contributed by atoms with E-state index in [-0.39, 0.29) is 6.54 Å². The molecule has 3 aromatic heterocycles. The van der Waals surface area contributed by atoms with Gasteiger partial charge in [0.05, 0.1) is 17.8 Å². The molecule has 0 unspecified atom stereocenters. The molecular weight excluding hydrogens is 388 g/mol. The van der Waals surface area contributed by atoms with Crippen LogP contribution in [-0.4, -0.2) is 20.1 Å². The maximum atomic E-state index is 5.77. The Hall–Kier alpha value is -3.94. The van der Waals surface area contributed by atoms with E-state index in [2.05, 4.69) is 45.5 Å². The third kappa shape index (κ3) is 3.56. The van der Waals surface area contributed by atoms with Crippen molar-refractivity contribution in [3.8, 4) is 33.9 Å². The van der Waals surface area contributed by atoms with Crippen LogP contribution < -0.4 is 11.5 Å². The maximum absolute atomic E-state index is 5.77. The smallest absolute Gasteiger partial charge is 0.240 e. The quantitative estimate of drug-likeness (QED) is 0.452. The summed E-state index contributed by atoms with van der Waals surface area (Å²) in [4.78, 5) is 13.9. The van der Waals surface area contributed by atoms with E-state index in [1.807, 2.05) is 36.4 Å². The number of pyridine rings is 2. The molecule has 31 heavy (non-hydrogen) atoms. The molecule has 0 radical (unpaired) electrons. The van der Waals surface area contributed by atoms with Gasteiger partial charge in [0.15, 0.2) is 0 Å². The SMILES string of the molecule is NCc1ccc(-c2nc3ccnc(-c4noc(CN)n4)c3cc2-c2ccccc2)cc1. The molecule has 3 heterocycles. The molecule has 0 aliphatic carbocycles. The Morgan fingerprint density at radius 3 is 2.29 bits per heavy atom. The summed E-state index contributed by atoms with van der Waals surface area (Å²) in [6, 6.07) is 22.3. The lowest BCUT2D eigenvalue weighted by Gasteiger charge is -2.13. The van der Waals surface area contributed by atoms with Gasteiger partial charge < -0.3 is 16.0 Å². The lowest BCUT2D eigenvalue weighted by atomic mass is 9.96. The van der Waals surface area contributed by atoms with Crippen LogP contribution in [0.15, 0.2) is 77.4 Å². The predicted octanol–water partition coefficient (Wildman–Crippen LogP) is 3.93. The van der Waals surface area contributed by atoms with Gasteiger partial charge in [-0.15, -0.1) is 0 Å². The highest BCUT2D eigenvalue weighted by atomic mass is 16.5. The molecule has 0 atom stereocenters. The highest BCUT2D eigenvalue weighted by Gasteiger charge is 2.17. The normalized spacial score (nSPS) is 11.2. The molecule has 152 valence electrons. The van der Waals surface area contributed by atoms with Crippen LogP contribution in [0.3, 0.4) is 0 Å². The van der Waals surface area contributed by atoms with E-state index >= 15 is 0 Å². The summed E-state index contributed by atoms with van der Waals surface area (Å²) in [5, 5.41) is 4.88. The highest BCUT2D eigenvalue weighted by molar-refractivity contribution is 5.97. The van der Waals surface area contributed by atoms with Crippen molar-refractivity contribution in [1.82, 2.24) is 20.1 Å². The summed E-state index contributed by atoms with van der Waals surface area (Å²) in [6.45, 7) is 0.676. The molecule has 7 nitrogen and oxygen atoms in total. The van der Waals surface area contributed by atoms with Gasteiger partial charge in [-0.05, 0) is 23.3 Å². The van der Waals surface area contributed by atoms with Crippen LogP contribution in [-0.2, 0) is 13.1 Å². The number of nitrogens with two attached hydrogens (primary N) is 2. The van der Waals surface area contributed by atoms with Crippen molar-refractivity contribution in [2.75, 3.05) is 0 Å². The van der Waals surface area contributed by atoms with E-state index in [0.717, 1.165) is 38.9 Å². The van der Waals surface area contributed by atoms with Gasteiger partial charge in [0.1, 0.15) is 5.69 Å². The second-order valence-corrected chi connectivity index (χ2v) is 7.09. The van der Waals surface area contributed by atoms with E-state index in [1.165, 1.54) is 0 Å². The monoisotopic (exact) mass is 408 g/mol. The average Bonchev–Trinajstić information content (AvgIpc) is 3.32. The van der Waals surface area contributed by atoms with E-state index in [0.29, 0.717) is 24.0 Å². The van der Waals surface area contributed by atoms with Crippen molar-refractivity contribution in [2.45, 2.75) is 13.1 Å². The highest BCUT2D eigenvalue weighted by Crippen LogP contribution is 2.35. The fourth-order valence-corrected chi connectivity index (χ4v) is 3.56. The number of aromatic nitrogens is 4. The Bertz CT molecular complexity index is 1350. The first kappa shape index (κ1) is 19.0. The van der Waals surface area contributed by atoms with Crippen molar-refractivity contribution in [1.29, 1.82) is 0 Å². The molecule has 0 aliphatic rings. The first-order chi connectivity index (χ1) is 15.3. The molecule has 7 heteroatoms. The van der Waals surface area contributed by atoms with Crippen molar-refractivity contribution in [2.24, 2.45) is 11.5 Å². The predicted molar refractivity (Wildman–Crippen MR) is 119 cm³/mol. The van der Waals surface area contributed by atoms with Crippen molar-refractivity contribution in [3.63, 3.8) is 0 Å². The van der Waals surface area contributed by atoms with Crippen LogP contribution in [0.4, 0.5) is 0 Å². The number of benzene rings is 2. The zero-order valence-electron chi connectivity index (χ0n) is 16.7. The van der Waals surface area contributed by atoms with Crippen molar-refractivity contribution < 1.29 is 4.52 Å². The lowest BCUT2D eigenvalue weighted by molar-refractivity contribution is 0.380. The van der Waals surface area contributed by atoms with Gasteiger partial charge in [-0.3, -0.25) is 4.98 Å². The van der Waals surface area contributed by atoms with Gasteiger partial charge in [0.2, 0.25) is 11.7 Å².